The van der Waals surface area contributed by atoms with E-state index in [1.807, 2.05) is 0 Å². The Hall–Kier alpha value is -0.250. The maximum Gasteiger partial charge on any atom is 0.389 e. The lowest BCUT2D eigenvalue weighted by Gasteiger charge is -2.37. The third-order valence-electron chi connectivity index (χ3n) is 4.12. The van der Waals surface area contributed by atoms with E-state index in [4.69, 9.17) is 0 Å². The molecule has 1 rings (SSSR count). The minimum atomic E-state index is -4.02. The highest BCUT2D eigenvalue weighted by atomic mass is 19.4. The second-order valence-electron chi connectivity index (χ2n) is 5.17. The number of alkyl halides is 3. The lowest BCUT2D eigenvalue weighted by Crippen LogP contribution is -2.40. The Morgan fingerprint density at radius 2 is 1.88 bits per heavy atom. The van der Waals surface area contributed by atoms with Crippen LogP contribution >= 0.6 is 0 Å². The summed E-state index contributed by atoms with van der Waals surface area (Å²) < 4.78 is 36.8. The zero-order valence-corrected chi connectivity index (χ0v) is 10.8. The maximum atomic E-state index is 12.3. The smallest absolute Gasteiger partial charge is 0.317 e. The highest BCUT2D eigenvalue weighted by Crippen LogP contribution is 2.36. The van der Waals surface area contributed by atoms with Gasteiger partial charge in [-0.15, -0.1) is 0 Å². The van der Waals surface area contributed by atoms with E-state index in [9.17, 15) is 13.2 Å². The number of hydrogen-bond donors (Lipinski definition) is 1. The van der Waals surface area contributed by atoms with Gasteiger partial charge in [0.1, 0.15) is 0 Å². The quantitative estimate of drug-likeness (QED) is 0.774. The second-order valence-corrected chi connectivity index (χ2v) is 5.17. The normalized spacial score (nSPS) is 28.1. The van der Waals surface area contributed by atoms with Crippen LogP contribution < -0.4 is 5.32 Å². The molecule has 102 valence electrons. The Morgan fingerprint density at radius 3 is 2.41 bits per heavy atom. The van der Waals surface area contributed by atoms with Crippen LogP contribution in [0.3, 0.4) is 0 Å². The Bertz CT molecular complexity index is 215. The summed E-state index contributed by atoms with van der Waals surface area (Å²) in [5.41, 5.74) is 0. The van der Waals surface area contributed by atoms with E-state index >= 15 is 0 Å². The van der Waals surface area contributed by atoms with Crippen LogP contribution in [-0.4, -0.2) is 19.3 Å². The van der Waals surface area contributed by atoms with Crippen LogP contribution in [0.5, 0.6) is 0 Å². The highest BCUT2D eigenvalue weighted by molar-refractivity contribution is 4.84. The van der Waals surface area contributed by atoms with Crippen LogP contribution in [0.25, 0.3) is 0 Å². The van der Waals surface area contributed by atoms with Crippen molar-refractivity contribution in [1.82, 2.24) is 5.32 Å². The van der Waals surface area contributed by atoms with Gasteiger partial charge < -0.3 is 5.32 Å². The van der Waals surface area contributed by atoms with Gasteiger partial charge in [0, 0.05) is 12.5 Å². The summed E-state index contributed by atoms with van der Waals surface area (Å²) >= 11 is 0. The molecule has 1 aliphatic rings. The lowest BCUT2D eigenvalue weighted by molar-refractivity contribution is -0.137. The Labute approximate surface area is 102 Å². The van der Waals surface area contributed by atoms with Gasteiger partial charge in [0.05, 0.1) is 0 Å². The predicted octanol–water partition coefficient (Wildman–Crippen LogP) is 4.13. The van der Waals surface area contributed by atoms with Crippen LogP contribution in [-0.2, 0) is 0 Å². The first-order valence-corrected chi connectivity index (χ1v) is 6.72. The van der Waals surface area contributed by atoms with E-state index in [0.29, 0.717) is 11.8 Å². The minimum absolute atomic E-state index is 0.0295. The molecule has 3 unspecified atom stereocenters. The van der Waals surface area contributed by atoms with E-state index < -0.39 is 12.6 Å². The third kappa shape index (κ3) is 4.86. The first kappa shape index (κ1) is 14.8. The van der Waals surface area contributed by atoms with Crippen LogP contribution in [0.15, 0.2) is 0 Å². The van der Waals surface area contributed by atoms with Crippen molar-refractivity contribution >= 4 is 0 Å². The molecule has 1 N–H and O–H groups in total. The van der Waals surface area contributed by atoms with Crippen LogP contribution in [0.1, 0.15) is 51.9 Å². The van der Waals surface area contributed by atoms with Crippen LogP contribution in [0.4, 0.5) is 13.2 Å². The van der Waals surface area contributed by atoms with Crippen LogP contribution in [0.2, 0.25) is 0 Å². The Balaban J connectivity index is 2.52. The molecule has 3 atom stereocenters. The number of nitrogens with one attached hydrogen (secondary N) is 1. The summed E-state index contributed by atoms with van der Waals surface area (Å²) in [6.07, 6.45) is 1.32. The molecular weight excluding hydrogens is 227 g/mol. The fourth-order valence-corrected chi connectivity index (χ4v) is 3.16. The molecule has 0 heterocycles. The van der Waals surface area contributed by atoms with Gasteiger partial charge in [-0.3, -0.25) is 0 Å². The molecule has 0 spiro atoms. The molecule has 1 saturated carbocycles. The van der Waals surface area contributed by atoms with E-state index in [1.54, 1.807) is 7.05 Å². The van der Waals surface area contributed by atoms with Gasteiger partial charge in [-0.25, -0.2) is 0 Å². The van der Waals surface area contributed by atoms with Crippen molar-refractivity contribution in [3.63, 3.8) is 0 Å². The Morgan fingerprint density at radius 1 is 1.24 bits per heavy atom. The van der Waals surface area contributed by atoms with Crippen molar-refractivity contribution in [3.8, 4) is 0 Å². The summed E-state index contributed by atoms with van der Waals surface area (Å²) in [6.45, 7) is 2.15. The highest BCUT2D eigenvalue weighted by Gasteiger charge is 2.33. The molecule has 0 aromatic carbocycles. The molecular formula is C13H24F3N. The van der Waals surface area contributed by atoms with E-state index in [-0.39, 0.29) is 12.5 Å². The molecule has 0 aliphatic heterocycles. The van der Waals surface area contributed by atoms with E-state index in [2.05, 4.69) is 12.2 Å². The molecule has 0 aromatic heterocycles. The van der Waals surface area contributed by atoms with Crippen molar-refractivity contribution in [2.45, 2.75) is 64.1 Å². The topological polar surface area (TPSA) is 12.0 Å². The summed E-state index contributed by atoms with van der Waals surface area (Å²) in [5, 5.41) is 3.11. The zero-order valence-electron chi connectivity index (χ0n) is 10.8. The standard InChI is InChI=1S/C13H24F3N/c1-3-10-6-4-5-7-11(10)12(17-2)8-9-13(14,15)16/h10-12,17H,3-9H2,1-2H3. The molecule has 4 heteroatoms. The Kier molecular flexibility index (Phi) is 5.77. The first-order chi connectivity index (χ1) is 7.98. The third-order valence-corrected chi connectivity index (χ3v) is 4.12. The summed E-state index contributed by atoms with van der Waals surface area (Å²) in [5.74, 6) is 1.04. The van der Waals surface area contributed by atoms with Gasteiger partial charge in [0.15, 0.2) is 0 Å². The number of halogens is 3. The number of hydrogen-bond acceptors (Lipinski definition) is 1. The average molecular weight is 251 g/mol. The van der Waals surface area contributed by atoms with Gasteiger partial charge in [-0.05, 0) is 31.7 Å². The zero-order chi connectivity index (χ0) is 12.9. The van der Waals surface area contributed by atoms with Gasteiger partial charge in [0.25, 0.3) is 0 Å². The molecule has 0 bridgehead atoms. The largest absolute Gasteiger partial charge is 0.389 e. The molecule has 1 fully saturated rings. The van der Waals surface area contributed by atoms with Crippen molar-refractivity contribution < 1.29 is 13.2 Å². The molecule has 0 aromatic rings. The predicted molar refractivity (Wildman–Crippen MR) is 63.9 cm³/mol. The van der Waals surface area contributed by atoms with Crippen molar-refractivity contribution in [3.05, 3.63) is 0 Å². The number of rotatable bonds is 5. The van der Waals surface area contributed by atoms with Crippen molar-refractivity contribution in [1.29, 1.82) is 0 Å². The van der Waals surface area contributed by atoms with Crippen molar-refractivity contribution in [2.75, 3.05) is 7.05 Å². The maximum absolute atomic E-state index is 12.3. The van der Waals surface area contributed by atoms with Gasteiger partial charge >= 0.3 is 6.18 Å². The summed E-state index contributed by atoms with van der Waals surface area (Å²) in [4.78, 5) is 0. The van der Waals surface area contributed by atoms with E-state index in [1.165, 1.54) is 19.3 Å². The van der Waals surface area contributed by atoms with Gasteiger partial charge in [-0.1, -0.05) is 32.6 Å². The molecule has 1 aliphatic carbocycles. The molecule has 1 nitrogen and oxygen atoms in total. The minimum Gasteiger partial charge on any atom is -0.317 e. The molecule has 0 saturated heterocycles. The van der Waals surface area contributed by atoms with Gasteiger partial charge in [-0.2, -0.15) is 13.2 Å². The van der Waals surface area contributed by atoms with Crippen LogP contribution in [0, 0.1) is 11.8 Å². The fourth-order valence-electron chi connectivity index (χ4n) is 3.16. The monoisotopic (exact) mass is 251 g/mol. The molecule has 0 amide bonds. The fraction of sp³-hybridized carbons (Fsp3) is 1.00. The second kappa shape index (κ2) is 6.62. The summed E-state index contributed by atoms with van der Waals surface area (Å²) in [7, 11) is 1.79. The first-order valence-electron chi connectivity index (χ1n) is 6.72. The van der Waals surface area contributed by atoms with Gasteiger partial charge in [0.2, 0.25) is 0 Å². The average Bonchev–Trinajstić information content (AvgIpc) is 2.29. The lowest BCUT2D eigenvalue weighted by atomic mass is 9.73. The molecule has 17 heavy (non-hydrogen) atoms. The summed E-state index contributed by atoms with van der Waals surface area (Å²) in [6, 6.07) is 0.0295. The van der Waals surface area contributed by atoms with E-state index in [0.717, 1.165) is 12.8 Å². The SMILES string of the molecule is CCC1CCCCC1C(CCC(F)(F)F)NC. The van der Waals surface area contributed by atoms with Crippen molar-refractivity contribution in [2.24, 2.45) is 11.8 Å². The molecule has 0 radical (unpaired) electrons.